The fourth-order valence-electron chi connectivity index (χ4n) is 1.17. The Morgan fingerprint density at radius 3 is 2.53 bits per heavy atom. The average molecular weight is 244 g/mol. The number of rotatable bonds is 3. The van der Waals surface area contributed by atoms with E-state index in [2.05, 4.69) is 10.8 Å². The Kier molecular flexibility index (Phi) is 4.39. The molecule has 0 aliphatic heterocycles. The van der Waals surface area contributed by atoms with Crippen molar-refractivity contribution < 1.29 is 18.4 Å². The predicted octanol–water partition coefficient (Wildman–Crippen LogP) is 2.73. The summed E-state index contributed by atoms with van der Waals surface area (Å²) in [6, 6.07) is 1.11. The molecule has 0 spiro atoms. The quantitative estimate of drug-likeness (QED) is 0.803. The molecule has 0 aliphatic carbocycles. The van der Waals surface area contributed by atoms with E-state index >= 15 is 0 Å². The molecule has 94 valence electrons. The van der Waals surface area contributed by atoms with Crippen molar-refractivity contribution in [2.45, 2.75) is 26.9 Å². The number of halogens is 2. The van der Waals surface area contributed by atoms with Crippen LogP contribution in [0.3, 0.4) is 0 Å². The normalized spacial score (nSPS) is 10.5. The van der Waals surface area contributed by atoms with E-state index in [1.807, 2.05) is 0 Å². The van der Waals surface area contributed by atoms with Crippen LogP contribution in [0.25, 0.3) is 0 Å². The second kappa shape index (κ2) is 5.58. The van der Waals surface area contributed by atoms with E-state index in [4.69, 9.17) is 4.84 Å². The molecule has 0 unspecified atom stereocenters. The first-order chi connectivity index (χ1) is 7.90. The lowest BCUT2D eigenvalue weighted by atomic mass is 10.2. The van der Waals surface area contributed by atoms with Gasteiger partial charge in [0.15, 0.2) is 0 Å². The SMILES string of the molecule is Cc1cc(F)cc(F)c1NC(=O)NOC(C)C. The minimum atomic E-state index is -0.831. The zero-order valence-electron chi connectivity index (χ0n) is 9.80. The van der Waals surface area contributed by atoms with E-state index < -0.39 is 17.7 Å². The van der Waals surface area contributed by atoms with Crippen LogP contribution in [0.2, 0.25) is 0 Å². The summed E-state index contributed by atoms with van der Waals surface area (Å²) < 4.78 is 26.2. The van der Waals surface area contributed by atoms with Gasteiger partial charge < -0.3 is 5.32 Å². The third-order valence-electron chi connectivity index (χ3n) is 1.88. The molecule has 0 saturated carbocycles. The van der Waals surface area contributed by atoms with Crippen molar-refractivity contribution in [1.29, 1.82) is 0 Å². The van der Waals surface area contributed by atoms with Gasteiger partial charge in [-0.2, -0.15) is 0 Å². The zero-order chi connectivity index (χ0) is 13.0. The van der Waals surface area contributed by atoms with Crippen LogP contribution in [0.15, 0.2) is 12.1 Å². The van der Waals surface area contributed by atoms with Gasteiger partial charge in [-0.05, 0) is 32.4 Å². The van der Waals surface area contributed by atoms with Gasteiger partial charge in [0.1, 0.15) is 11.6 Å². The molecule has 0 bridgehead atoms. The minimum Gasteiger partial charge on any atom is -0.303 e. The summed E-state index contributed by atoms with van der Waals surface area (Å²) in [5, 5.41) is 2.24. The van der Waals surface area contributed by atoms with Crippen molar-refractivity contribution in [3.63, 3.8) is 0 Å². The number of carbonyl (C=O) groups excluding carboxylic acids is 1. The number of nitrogens with one attached hydrogen (secondary N) is 2. The van der Waals surface area contributed by atoms with Gasteiger partial charge in [0.2, 0.25) is 0 Å². The van der Waals surface area contributed by atoms with Crippen LogP contribution >= 0.6 is 0 Å². The third kappa shape index (κ3) is 3.99. The lowest BCUT2D eigenvalue weighted by Crippen LogP contribution is -2.31. The summed E-state index contributed by atoms with van der Waals surface area (Å²) >= 11 is 0. The van der Waals surface area contributed by atoms with Crippen molar-refractivity contribution in [3.05, 3.63) is 29.3 Å². The number of urea groups is 1. The molecular weight excluding hydrogens is 230 g/mol. The van der Waals surface area contributed by atoms with Crippen LogP contribution in [0.4, 0.5) is 19.3 Å². The van der Waals surface area contributed by atoms with Crippen molar-refractivity contribution in [1.82, 2.24) is 5.48 Å². The van der Waals surface area contributed by atoms with E-state index in [-0.39, 0.29) is 11.8 Å². The van der Waals surface area contributed by atoms with Gasteiger partial charge in [-0.25, -0.2) is 19.1 Å². The molecule has 0 fully saturated rings. The van der Waals surface area contributed by atoms with E-state index in [1.54, 1.807) is 13.8 Å². The second-order valence-corrected chi connectivity index (χ2v) is 3.80. The summed E-state index contributed by atoms with van der Waals surface area (Å²) in [7, 11) is 0. The Morgan fingerprint density at radius 1 is 1.35 bits per heavy atom. The monoisotopic (exact) mass is 244 g/mol. The number of carbonyl (C=O) groups is 1. The molecule has 17 heavy (non-hydrogen) atoms. The van der Waals surface area contributed by atoms with Crippen LogP contribution in [0.1, 0.15) is 19.4 Å². The number of hydrogen-bond acceptors (Lipinski definition) is 2. The number of amides is 2. The fraction of sp³-hybridized carbons (Fsp3) is 0.364. The first kappa shape index (κ1) is 13.4. The molecule has 1 rings (SSSR count). The Balaban J connectivity index is 2.72. The summed E-state index contributed by atoms with van der Waals surface area (Å²) in [6.45, 7) is 4.94. The van der Waals surface area contributed by atoms with Crippen LogP contribution in [-0.2, 0) is 4.84 Å². The van der Waals surface area contributed by atoms with Gasteiger partial charge in [0, 0.05) is 6.07 Å². The molecule has 0 atom stereocenters. The van der Waals surface area contributed by atoms with Crippen LogP contribution in [0.5, 0.6) is 0 Å². The first-order valence-corrected chi connectivity index (χ1v) is 5.08. The molecule has 0 saturated heterocycles. The Hall–Kier alpha value is -1.69. The molecule has 0 aliphatic rings. The Morgan fingerprint density at radius 2 is 2.00 bits per heavy atom. The largest absolute Gasteiger partial charge is 0.343 e. The number of anilines is 1. The van der Waals surface area contributed by atoms with Gasteiger partial charge >= 0.3 is 6.03 Å². The summed E-state index contributed by atoms with van der Waals surface area (Å²) in [5.74, 6) is -1.52. The highest BCUT2D eigenvalue weighted by Gasteiger charge is 2.11. The molecule has 2 amide bonds. The molecule has 2 N–H and O–H groups in total. The second-order valence-electron chi connectivity index (χ2n) is 3.80. The van der Waals surface area contributed by atoms with Crippen molar-refractivity contribution in [3.8, 4) is 0 Å². The van der Waals surface area contributed by atoms with E-state index in [0.717, 1.165) is 6.07 Å². The fourth-order valence-corrected chi connectivity index (χ4v) is 1.17. The van der Waals surface area contributed by atoms with Crippen LogP contribution < -0.4 is 10.8 Å². The number of aryl methyl sites for hydroxylation is 1. The zero-order valence-corrected chi connectivity index (χ0v) is 9.80. The van der Waals surface area contributed by atoms with E-state index in [9.17, 15) is 13.6 Å². The molecule has 0 radical (unpaired) electrons. The number of benzene rings is 1. The highest BCUT2D eigenvalue weighted by Crippen LogP contribution is 2.20. The summed E-state index contributed by atoms with van der Waals surface area (Å²) in [5.41, 5.74) is 2.31. The molecule has 1 aromatic rings. The molecule has 1 aromatic carbocycles. The molecule has 0 heterocycles. The van der Waals surface area contributed by atoms with Gasteiger partial charge in [-0.3, -0.25) is 4.84 Å². The van der Waals surface area contributed by atoms with E-state index in [1.165, 1.54) is 6.92 Å². The van der Waals surface area contributed by atoms with E-state index in [0.29, 0.717) is 11.6 Å². The Labute approximate surface area is 97.9 Å². The van der Waals surface area contributed by atoms with Crippen molar-refractivity contribution in [2.24, 2.45) is 0 Å². The van der Waals surface area contributed by atoms with Crippen LogP contribution in [-0.4, -0.2) is 12.1 Å². The molecule has 6 heteroatoms. The van der Waals surface area contributed by atoms with Gasteiger partial charge in [0.05, 0.1) is 11.8 Å². The van der Waals surface area contributed by atoms with Crippen LogP contribution in [0, 0.1) is 18.6 Å². The first-order valence-electron chi connectivity index (χ1n) is 5.08. The highest BCUT2D eigenvalue weighted by atomic mass is 19.1. The Bertz CT molecular complexity index is 399. The topological polar surface area (TPSA) is 50.4 Å². The number of hydrogen-bond donors (Lipinski definition) is 2. The smallest absolute Gasteiger partial charge is 0.303 e. The lowest BCUT2D eigenvalue weighted by molar-refractivity contribution is 0.0198. The maximum atomic E-state index is 13.3. The van der Waals surface area contributed by atoms with Gasteiger partial charge in [-0.15, -0.1) is 0 Å². The molecular formula is C11H14F2N2O2. The molecule has 0 aromatic heterocycles. The van der Waals surface area contributed by atoms with Gasteiger partial charge in [0.25, 0.3) is 0 Å². The highest BCUT2D eigenvalue weighted by molar-refractivity contribution is 5.89. The standard InChI is InChI=1S/C11H14F2N2O2/c1-6(2)17-15-11(16)14-10-7(3)4-8(12)5-9(10)13/h4-6H,1-3H3,(H2,14,15,16). The summed E-state index contributed by atoms with van der Waals surface area (Å²) in [6.07, 6.45) is -0.195. The summed E-state index contributed by atoms with van der Waals surface area (Å²) in [4.78, 5) is 16.1. The maximum absolute atomic E-state index is 13.3. The average Bonchev–Trinajstić information content (AvgIpc) is 2.20. The van der Waals surface area contributed by atoms with Gasteiger partial charge in [-0.1, -0.05) is 0 Å². The number of hydroxylamine groups is 1. The predicted molar refractivity (Wildman–Crippen MR) is 59.5 cm³/mol. The lowest BCUT2D eigenvalue weighted by Gasteiger charge is -2.12. The minimum absolute atomic E-state index is 0.0729. The third-order valence-corrected chi connectivity index (χ3v) is 1.88. The molecule has 4 nitrogen and oxygen atoms in total. The van der Waals surface area contributed by atoms with Crippen molar-refractivity contribution in [2.75, 3.05) is 5.32 Å². The van der Waals surface area contributed by atoms with Crippen molar-refractivity contribution >= 4 is 11.7 Å². The maximum Gasteiger partial charge on any atom is 0.343 e.